The van der Waals surface area contributed by atoms with Crippen LogP contribution in [0.2, 0.25) is 0 Å². The minimum atomic E-state index is 0.210. The maximum Gasteiger partial charge on any atom is 0.236 e. The minimum Gasteiger partial charge on any atom is -0.339 e. The van der Waals surface area contributed by atoms with E-state index in [0.717, 1.165) is 58.4 Å². The van der Waals surface area contributed by atoms with E-state index < -0.39 is 0 Å². The number of hydrogen-bond acceptors (Lipinski definition) is 5. The van der Waals surface area contributed by atoms with Gasteiger partial charge in [0.1, 0.15) is 6.29 Å². The van der Waals surface area contributed by atoms with Crippen LogP contribution in [0.3, 0.4) is 0 Å². The van der Waals surface area contributed by atoms with Crippen LogP contribution in [-0.2, 0) is 9.59 Å². The zero-order chi connectivity index (χ0) is 13.7. The van der Waals surface area contributed by atoms with Crippen LogP contribution < -0.4 is 5.84 Å². The molecule has 2 aliphatic rings. The quantitative estimate of drug-likeness (QED) is 0.539. The van der Waals surface area contributed by atoms with Gasteiger partial charge in [0.15, 0.2) is 0 Å². The summed E-state index contributed by atoms with van der Waals surface area (Å²) < 4.78 is 0. The predicted molar refractivity (Wildman–Crippen MR) is 72.2 cm³/mol. The van der Waals surface area contributed by atoms with E-state index in [1.54, 1.807) is 5.01 Å². The monoisotopic (exact) mass is 268 g/mol. The van der Waals surface area contributed by atoms with Gasteiger partial charge in [-0.05, 0) is 31.8 Å². The first kappa shape index (κ1) is 14.4. The van der Waals surface area contributed by atoms with Gasteiger partial charge >= 0.3 is 0 Å². The van der Waals surface area contributed by atoms with Crippen molar-refractivity contribution in [2.45, 2.75) is 19.3 Å². The molecule has 19 heavy (non-hydrogen) atoms. The van der Waals surface area contributed by atoms with Crippen molar-refractivity contribution in [3.63, 3.8) is 0 Å². The van der Waals surface area contributed by atoms with Gasteiger partial charge in [0.25, 0.3) is 0 Å². The summed E-state index contributed by atoms with van der Waals surface area (Å²) in [5.74, 6) is 6.41. The maximum absolute atomic E-state index is 12.1. The van der Waals surface area contributed by atoms with E-state index in [0.29, 0.717) is 18.9 Å². The topological polar surface area (TPSA) is 69.9 Å². The van der Waals surface area contributed by atoms with Gasteiger partial charge in [-0.15, -0.1) is 0 Å². The Morgan fingerprint density at radius 1 is 1.11 bits per heavy atom. The maximum atomic E-state index is 12.1. The minimum absolute atomic E-state index is 0.210. The van der Waals surface area contributed by atoms with Gasteiger partial charge in [-0.1, -0.05) is 0 Å². The number of hydrazine groups is 1. The molecule has 1 amide bonds. The third-order valence-corrected chi connectivity index (χ3v) is 4.16. The van der Waals surface area contributed by atoms with E-state index in [2.05, 4.69) is 4.90 Å². The molecule has 0 saturated carbocycles. The predicted octanol–water partition coefficient (Wildman–Crippen LogP) is -0.695. The summed E-state index contributed by atoms with van der Waals surface area (Å²) in [7, 11) is 0. The third-order valence-electron chi connectivity index (χ3n) is 4.16. The lowest BCUT2D eigenvalue weighted by Gasteiger charge is -2.35. The SMILES string of the molecule is NN1CCN(C(=O)CN2CCC(CC=O)CC2)CC1. The van der Waals surface area contributed by atoms with Crippen LogP contribution in [0.1, 0.15) is 19.3 Å². The molecule has 2 saturated heterocycles. The highest BCUT2D eigenvalue weighted by Gasteiger charge is 2.24. The van der Waals surface area contributed by atoms with Gasteiger partial charge in [-0.3, -0.25) is 15.5 Å². The molecule has 0 aromatic rings. The average Bonchev–Trinajstić information content (AvgIpc) is 2.42. The van der Waals surface area contributed by atoms with E-state index in [4.69, 9.17) is 5.84 Å². The summed E-state index contributed by atoms with van der Waals surface area (Å²) in [6, 6.07) is 0. The van der Waals surface area contributed by atoms with Crippen molar-refractivity contribution in [1.29, 1.82) is 0 Å². The van der Waals surface area contributed by atoms with Crippen LogP contribution in [0.4, 0.5) is 0 Å². The molecule has 0 unspecified atom stereocenters. The Bertz CT molecular complexity index is 308. The Balaban J connectivity index is 1.70. The highest BCUT2D eigenvalue weighted by Crippen LogP contribution is 2.19. The molecule has 0 atom stereocenters. The molecule has 2 heterocycles. The van der Waals surface area contributed by atoms with Gasteiger partial charge in [0, 0.05) is 32.6 Å². The third kappa shape index (κ3) is 4.26. The van der Waals surface area contributed by atoms with Crippen LogP contribution in [0.15, 0.2) is 0 Å². The second-order valence-electron chi connectivity index (χ2n) is 5.54. The largest absolute Gasteiger partial charge is 0.339 e. The molecule has 6 nitrogen and oxygen atoms in total. The molecule has 6 heteroatoms. The average molecular weight is 268 g/mol. The lowest BCUT2D eigenvalue weighted by Crippen LogP contribution is -2.53. The number of piperazine rings is 1. The van der Waals surface area contributed by atoms with E-state index >= 15 is 0 Å². The van der Waals surface area contributed by atoms with Crippen LogP contribution in [0, 0.1) is 5.92 Å². The molecule has 2 N–H and O–H groups in total. The number of rotatable bonds is 4. The molecule has 0 aliphatic carbocycles. The van der Waals surface area contributed by atoms with Crippen molar-refractivity contribution in [2.75, 3.05) is 45.8 Å². The summed E-state index contributed by atoms with van der Waals surface area (Å²) in [5.41, 5.74) is 0. The lowest BCUT2D eigenvalue weighted by atomic mass is 9.94. The number of amides is 1. The standard InChI is InChI=1S/C13H24N4O2/c14-17-8-6-16(7-9-17)13(19)11-15-4-1-12(2-5-15)3-10-18/h10,12H,1-9,11,14H2. The first-order valence-corrected chi connectivity index (χ1v) is 7.12. The number of carbonyl (C=O) groups is 2. The molecule has 108 valence electrons. The molecule has 0 spiro atoms. The fourth-order valence-corrected chi connectivity index (χ4v) is 2.78. The van der Waals surface area contributed by atoms with Crippen LogP contribution >= 0.6 is 0 Å². The van der Waals surface area contributed by atoms with Gasteiger partial charge < -0.3 is 9.69 Å². The van der Waals surface area contributed by atoms with Crippen LogP contribution in [0.25, 0.3) is 0 Å². The summed E-state index contributed by atoms with van der Waals surface area (Å²) in [6.07, 6.45) is 3.74. The summed E-state index contributed by atoms with van der Waals surface area (Å²) in [4.78, 5) is 26.7. The van der Waals surface area contributed by atoms with Crippen LogP contribution in [-0.4, -0.2) is 72.8 Å². The van der Waals surface area contributed by atoms with E-state index in [1.807, 2.05) is 4.90 Å². The molecule has 2 rings (SSSR count). The van der Waals surface area contributed by atoms with Crippen molar-refractivity contribution in [3.8, 4) is 0 Å². The second-order valence-corrected chi connectivity index (χ2v) is 5.54. The number of likely N-dealkylation sites (tertiary alicyclic amines) is 1. The highest BCUT2D eigenvalue weighted by atomic mass is 16.2. The summed E-state index contributed by atoms with van der Waals surface area (Å²) in [6.45, 7) is 5.36. The molecule has 0 radical (unpaired) electrons. The van der Waals surface area contributed by atoms with Crippen molar-refractivity contribution >= 4 is 12.2 Å². The molecule has 2 fully saturated rings. The Hall–Kier alpha value is -0.980. The summed E-state index contributed by atoms with van der Waals surface area (Å²) in [5, 5.41) is 1.76. The van der Waals surface area contributed by atoms with Crippen LogP contribution in [0.5, 0.6) is 0 Å². The molecule has 0 aromatic heterocycles. The van der Waals surface area contributed by atoms with Crippen molar-refractivity contribution < 1.29 is 9.59 Å². The molecular formula is C13H24N4O2. The number of nitrogens with two attached hydrogens (primary N) is 1. The van der Waals surface area contributed by atoms with E-state index in [-0.39, 0.29) is 5.91 Å². The van der Waals surface area contributed by atoms with Gasteiger partial charge in [-0.2, -0.15) is 0 Å². The number of hydrogen-bond donors (Lipinski definition) is 1. The second kappa shape index (κ2) is 6.98. The lowest BCUT2D eigenvalue weighted by molar-refractivity contribution is -0.134. The van der Waals surface area contributed by atoms with Gasteiger partial charge in [0.05, 0.1) is 6.54 Å². The zero-order valence-corrected chi connectivity index (χ0v) is 11.5. The fraction of sp³-hybridized carbons (Fsp3) is 0.846. The molecule has 0 bridgehead atoms. The van der Waals surface area contributed by atoms with Gasteiger partial charge in [-0.25, -0.2) is 5.01 Å². The Labute approximate surface area is 114 Å². The fourth-order valence-electron chi connectivity index (χ4n) is 2.78. The zero-order valence-electron chi connectivity index (χ0n) is 11.5. The van der Waals surface area contributed by atoms with Crippen molar-refractivity contribution in [1.82, 2.24) is 14.8 Å². The van der Waals surface area contributed by atoms with E-state index in [9.17, 15) is 9.59 Å². The number of aldehydes is 1. The highest BCUT2D eigenvalue weighted by molar-refractivity contribution is 5.78. The van der Waals surface area contributed by atoms with Crippen molar-refractivity contribution in [3.05, 3.63) is 0 Å². The molecule has 2 aliphatic heterocycles. The summed E-state index contributed by atoms with van der Waals surface area (Å²) >= 11 is 0. The Morgan fingerprint density at radius 2 is 1.74 bits per heavy atom. The first-order valence-electron chi connectivity index (χ1n) is 7.12. The van der Waals surface area contributed by atoms with E-state index in [1.165, 1.54) is 0 Å². The Kier molecular flexibility index (Phi) is 5.30. The smallest absolute Gasteiger partial charge is 0.236 e. The molecular weight excluding hydrogens is 244 g/mol. The Morgan fingerprint density at radius 3 is 2.32 bits per heavy atom. The number of piperidine rings is 1. The van der Waals surface area contributed by atoms with Gasteiger partial charge in [0.2, 0.25) is 5.91 Å². The number of carbonyl (C=O) groups excluding carboxylic acids is 2. The molecule has 0 aromatic carbocycles. The normalized spacial score (nSPS) is 23.5. The number of nitrogens with zero attached hydrogens (tertiary/aromatic N) is 3. The van der Waals surface area contributed by atoms with Crippen molar-refractivity contribution in [2.24, 2.45) is 11.8 Å². The first-order chi connectivity index (χ1) is 9.19.